The molecular weight excluding hydrogens is 386 g/mol. The molecule has 0 bridgehead atoms. The van der Waals surface area contributed by atoms with Gasteiger partial charge >= 0.3 is 0 Å². The van der Waals surface area contributed by atoms with Gasteiger partial charge in [0.05, 0.1) is 4.90 Å². The minimum Gasteiger partial charge on any atom is -0.489 e. The van der Waals surface area contributed by atoms with Gasteiger partial charge in [-0.3, -0.25) is 4.79 Å². The molecule has 6 heteroatoms. The SMILES string of the molecule is Cn1cc(-c2cc(S(C)(=O)=O)cc3c2OC(CC2CC2)C3)c2ccccc2c1=O. The Bertz CT molecular complexity index is 1300. The van der Waals surface area contributed by atoms with Crippen molar-refractivity contribution in [2.75, 3.05) is 6.26 Å². The molecule has 2 heterocycles. The van der Waals surface area contributed by atoms with Crippen molar-refractivity contribution in [1.82, 2.24) is 4.57 Å². The lowest BCUT2D eigenvalue weighted by Gasteiger charge is -2.15. The minimum atomic E-state index is -3.38. The molecule has 0 N–H and O–H groups in total. The Labute approximate surface area is 169 Å². The maximum Gasteiger partial charge on any atom is 0.258 e. The second-order valence-electron chi connectivity index (χ2n) is 8.36. The first-order valence-corrected chi connectivity index (χ1v) is 11.8. The van der Waals surface area contributed by atoms with Gasteiger partial charge in [-0.25, -0.2) is 8.42 Å². The van der Waals surface area contributed by atoms with Crippen molar-refractivity contribution in [3.8, 4) is 16.9 Å². The highest BCUT2D eigenvalue weighted by Gasteiger charge is 2.33. The topological polar surface area (TPSA) is 65.4 Å². The van der Waals surface area contributed by atoms with E-state index in [1.165, 1.54) is 19.1 Å². The van der Waals surface area contributed by atoms with Crippen molar-refractivity contribution in [3.63, 3.8) is 0 Å². The summed E-state index contributed by atoms with van der Waals surface area (Å²) in [6, 6.07) is 10.9. The second-order valence-corrected chi connectivity index (χ2v) is 10.4. The van der Waals surface area contributed by atoms with Crippen molar-refractivity contribution in [3.05, 3.63) is 58.5 Å². The van der Waals surface area contributed by atoms with Gasteiger partial charge in [0, 0.05) is 42.4 Å². The molecule has 29 heavy (non-hydrogen) atoms. The fourth-order valence-corrected chi connectivity index (χ4v) is 4.99. The molecule has 0 amide bonds. The zero-order chi connectivity index (χ0) is 20.3. The van der Waals surface area contributed by atoms with Crippen LogP contribution in [0.1, 0.15) is 24.8 Å². The van der Waals surface area contributed by atoms with E-state index in [1.807, 2.05) is 18.2 Å². The van der Waals surface area contributed by atoms with Gasteiger partial charge < -0.3 is 9.30 Å². The summed E-state index contributed by atoms with van der Waals surface area (Å²) < 4.78 is 32.6. The molecule has 0 saturated heterocycles. The van der Waals surface area contributed by atoms with E-state index in [0.29, 0.717) is 10.3 Å². The van der Waals surface area contributed by atoms with Crippen LogP contribution in [0.25, 0.3) is 21.9 Å². The number of hydrogen-bond acceptors (Lipinski definition) is 4. The lowest BCUT2D eigenvalue weighted by atomic mass is 9.97. The molecule has 0 spiro atoms. The smallest absolute Gasteiger partial charge is 0.258 e. The quantitative estimate of drug-likeness (QED) is 0.659. The molecule has 5 nitrogen and oxygen atoms in total. The molecule has 1 fully saturated rings. The van der Waals surface area contributed by atoms with Gasteiger partial charge in [0.2, 0.25) is 0 Å². The van der Waals surface area contributed by atoms with E-state index in [9.17, 15) is 13.2 Å². The first-order valence-electron chi connectivity index (χ1n) is 9.93. The standard InChI is InChI=1S/C23H23NO4S/c1-24-13-21(18-5-3-4-6-19(18)23(24)25)20-12-17(29(2,26)27)11-15-10-16(28-22(15)20)9-14-7-8-14/h3-6,11-14,16H,7-10H2,1-2H3. The number of rotatable bonds is 4. The average molecular weight is 410 g/mol. The molecule has 1 aliphatic carbocycles. The number of aryl methyl sites for hydroxylation is 1. The van der Waals surface area contributed by atoms with Crippen molar-refractivity contribution >= 4 is 20.6 Å². The predicted octanol–water partition coefficient (Wildman–Crippen LogP) is 3.71. The summed E-state index contributed by atoms with van der Waals surface area (Å²) in [7, 11) is -1.66. The summed E-state index contributed by atoms with van der Waals surface area (Å²) >= 11 is 0. The van der Waals surface area contributed by atoms with Gasteiger partial charge in [0.25, 0.3) is 5.56 Å². The number of ether oxygens (including phenoxy) is 1. The lowest BCUT2D eigenvalue weighted by molar-refractivity contribution is 0.214. The Balaban J connectivity index is 1.76. The summed E-state index contributed by atoms with van der Waals surface area (Å²) in [5, 5.41) is 1.41. The summed E-state index contributed by atoms with van der Waals surface area (Å²) in [4.78, 5) is 12.9. The minimum absolute atomic E-state index is 0.0761. The average Bonchev–Trinajstić information content (AvgIpc) is 3.39. The Morgan fingerprint density at radius 3 is 2.52 bits per heavy atom. The van der Waals surface area contributed by atoms with Crippen molar-refractivity contribution < 1.29 is 13.2 Å². The fraction of sp³-hybridized carbons (Fsp3) is 0.348. The molecule has 0 radical (unpaired) electrons. The monoisotopic (exact) mass is 409 g/mol. The zero-order valence-electron chi connectivity index (χ0n) is 16.5. The first-order chi connectivity index (χ1) is 13.8. The third-order valence-corrected chi connectivity index (χ3v) is 7.07. The van der Waals surface area contributed by atoms with Crippen LogP contribution in [0.5, 0.6) is 5.75 Å². The third-order valence-electron chi connectivity index (χ3n) is 5.97. The van der Waals surface area contributed by atoms with Crippen LogP contribution in [0.4, 0.5) is 0 Å². The van der Waals surface area contributed by atoms with Crippen LogP contribution in [0.2, 0.25) is 0 Å². The zero-order valence-corrected chi connectivity index (χ0v) is 17.3. The maximum atomic E-state index is 12.6. The molecule has 1 unspecified atom stereocenters. The van der Waals surface area contributed by atoms with Gasteiger partial charge in [-0.05, 0) is 41.5 Å². The molecular formula is C23H23NO4S. The van der Waals surface area contributed by atoms with Crippen LogP contribution >= 0.6 is 0 Å². The van der Waals surface area contributed by atoms with Crippen LogP contribution in [0.3, 0.4) is 0 Å². The highest BCUT2D eigenvalue weighted by Crippen LogP contribution is 2.45. The number of nitrogens with zero attached hydrogens (tertiary/aromatic N) is 1. The predicted molar refractivity (Wildman–Crippen MR) is 113 cm³/mol. The first kappa shape index (κ1) is 18.4. The van der Waals surface area contributed by atoms with Gasteiger partial charge in [0.1, 0.15) is 11.9 Å². The van der Waals surface area contributed by atoms with Gasteiger partial charge in [0.15, 0.2) is 9.84 Å². The van der Waals surface area contributed by atoms with Crippen LogP contribution < -0.4 is 10.3 Å². The van der Waals surface area contributed by atoms with Crippen molar-refractivity contribution in [2.24, 2.45) is 13.0 Å². The number of aromatic nitrogens is 1. The molecule has 3 aromatic rings. The Kier molecular flexibility index (Phi) is 4.10. The number of pyridine rings is 1. The van der Waals surface area contributed by atoms with Gasteiger partial charge in [-0.15, -0.1) is 0 Å². The van der Waals surface area contributed by atoms with E-state index in [4.69, 9.17) is 4.74 Å². The number of sulfone groups is 1. The normalized spacial score (nSPS) is 18.6. The highest BCUT2D eigenvalue weighted by molar-refractivity contribution is 7.90. The number of hydrogen-bond donors (Lipinski definition) is 0. The molecule has 1 aliphatic heterocycles. The third kappa shape index (κ3) is 3.25. The van der Waals surface area contributed by atoms with E-state index in [-0.39, 0.29) is 11.7 Å². The van der Waals surface area contributed by atoms with E-state index < -0.39 is 9.84 Å². The molecule has 5 rings (SSSR count). The summed E-state index contributed by atoms with van der Waals surface area (Å²) in [5.41, 5.74) is 2.42. The highest BCUT2D eigenvalue weighted by atomic mass is 32.2. The summed E-state index contributed by atoms with van der Waals surface area (Å²) in [6.45, 7) is 0. The van der Waals surface area contributed by atoms with E-state index in [0.717, 1.165) is 46.6 Å². The molecule has 2 aromatic carbocycles. The molecule has 1 saturated carbocycles. The van der Waals surface area contributed by atoms with Crippen LogP contribution in [-0.2, 0) is 23.3 Å². The molecule has 150 valence electrons. The second kappa shape index (κ2) is 6.46. The Hall–Kier alpha value is -2.60. The summed E-state index contributed by atoms with van der Waals surface area (Å²) in [6.07, 6.45) is 7.34. The number of fused-ring (bicyclic) bond motifs is 2. The molecule has 1 atom stereocenters. The van der Waals surface area contributed by atoms with E-state index >= 15 is 0 Å². The van der Waals surface area contributed by atoms with Gasteiger partial charge in [-0.2, -0.15) is 0 Å². The van der Waals surface area contributed by atoms with Crippen LogP contribution in [0, 0.1) is 5.92 Å². The van der Waals surface area contributed by atoms with Crippen LogP contribution in [0.15, 0.2) is 52.3 Å². The van der Waals surface area contributed by atoms with E-state index in [2.05, 4.69) is 0 Å². The maximum absolute atomic E-state index is 12.6. The Morgan fingerprint density at radius 1 is 1.10 bits per heavy atom. The van der Waals surface area contributed by atoms with Crippen LogP contribution in [-0.4, -0.2) is 25.3 Å². The van der Waals surface area contributed by atoms with E-state index in [1.54, 1.807) is 36.0 Å². The molecule has 1 aromatic heterocycles. The largest absolute Gasteiger partial charge is 0.489 e. The Morgan fingerprint density at radius 2 is 1.83 bits per heavy atom. The summed E-state index contributed by atoms with van der Waals surface area (Å²) in [5.74, 6) is 1.48. The lowest BCUT2D eigenvalue weighted by Crippen LogP contribution is -2.16. The number of benzene rings is 2. The molecule has 2 aliphatic rings. The van der Waals surface area contributed by atoms with Gasteiger partial charge in [-0.1, -0.05) is 31.0 Å². The fourth-order valence-electron chi connectivity index (χ4n) is 4.31. The van der Waals surface area contributed by atoms with Crippen molar-refractivity contribution in [2.45, 2.75) is 36.7 Å². The van der Waals surface area contributed by atoms with Crippen molar-refractivity contribution in [1.29, 1.82) is 0 Å².